The third-order valence-corrected chi connectivity index (χ3v) is 6.56. The molecular weight excluding hydrogens is 408 g/mol. The first-order valence-corrected chi connectivity index (χ1v) is 10.5. The van der Waals surface area contributed by atoms with Crippen molar-refractivity contribution in [2.45, 2.75) is 45.1 Å². The van der Waals surface area contributed by atoms with Gasteiger partial charge in [0.1, 0.15) is 17.6 Å². The SMILES string of the molecule is Cc1coc2c1C(=O)C(=O)c1c-2ccc2c1C(OC(=O)c1ccc(O)cc1)CCC2(C)C. The highest BCUT2D eigenvalue weighted by atomic mass is 16.5. The number of carbonyl (C=O) groups excluding carboxylic acids is 3. The summed E-state index contributed by atoms with van der Waals surface area (Å²) in [5.41, 5.74) is 3.26. The predicted molar refractivity (Wildman–Crippen MR) is 116 cm³/mol. The highest BCUT2D eigenvalue weighted by Crippen LogP contribution is 2.49. The number of ether oxygens (including phenoxy) is 1. The molecule has 6 nitrogen and oxygen atoms in total. The van der Waals surface area contributed by atoms with E-state index in [9.17, 15) is 19.5 Å². The second kappa shape index (κ2) is 6.92. The molecule has 5 rings (SSSR count). The summed E-state index contributed by atoms with van der Waals surface area (Å²) in [6.07, 6.45) is 2.07. The lowest BCUT2D eigenvalue weighted by molar-refractivity contribution is 0.0226. The summed E-state index contributed by atoms with van der Waals surface area (Å²) in [5.74, 6) is -1.32. The number of carbonyl (C=O) groups is 3. The van der Waals surface area contributed by atoms with E-state index in [0.29, 0.717) is 40.0 Å². The molecule has 2 aliphatic rings. The van der Waals surface area contributed by atoms with Gasteiger partial charge in [0, 0.05) is 16.7 Å². The third-order valence-electron chi connectivity index (χ3n) is 6.56. The second-order valence-electron chi connectivity index (χ2n) is 9.09. The molecule has 0 bridgehead atoms. The van der Waals surface area contributed by atoms with Crippen LogP contribution in [-0.4, -0.2) is 22.6 Å². The van der Waals surface area contributed by atoms with Crippen LogP contribution in [0, 0.1) is 6.92 Å². The molecule has 1 heterocycles. The molecule has 0 saturated carbocycles. The van der Waals surface area contributed by atoms with Gasteiger partial charge in [0.2, 0.25) is 11.6 Å². The van der Waals surface area contributed by atoms with Crippen LogP contribution in [0.5, 0.6) is 5.75 Å². The first kappa shape index (κ1) is 20.2. The van der Waals surface area contributed by atoms with Crippen LogP contribution in [0.25, 0.3) is 11.3 Å². The molecule has 32 heavy (non-hydrogen) atoms. The first-order chi connectivity index (χ1) is 15.2. The van der Waals surface area contributed by atoms with E-state index in [-0.39, 0.29) is 16.7 Å². The number of fused-ring (bicyclic) bond motifs is 5. The topological polar surface area (TPSA) is 93.8 Å². The number of aromatic hydroxyl groups is 1. The lowest BCUT2D eigenvalue weighted by Gasteiger charge is -2.38. The monoisotopic (exact) mass is 430 g/mol. The lowest BCUT2D eigenvalue weighted by Crippen LogP contribution is -2.33. The van der Waals surface area contributed by atoms with E-state index in [1.807, 2.05) is 12.1 Å². The highest BCUT2D eigenvalue weighted by Gasteiger charge is 2.43. The summed E-state index contributed by atoms with van der Waals surface area (Å²) in [6.45, 7) is 5.89. The fourth-order valence-electron chi connectivity index (χ4n) is 4.81. The van der Waals surface area contributed by atoms with Crippen LogP contribution in [0.1, 0.15) is 80.6 Å². The van der Waals surface area contributed by atoms with Crippen LogP contribution >= 0.6 is 0 Å². The van der Waals surface area contributed by atoms with Crippen molar-refractivity contribution in [3.05, 3.63) is 76.0 Å². The van der Waals surface area contributed by atoms with Crippen molar-refractivity contribution in [3.8, 4) is 17.1 Å². The van der Waals surface area contributed by atoms with Crippen molar-refractivity contribution in [1.82, 2.24) is 0 Å². The highest BCUT2D eigenvalue weighted by molar-refractivity contribution is 6.53. The van der Waals surface area contributed by atoms with E-state index in [1.54, 1.807) is 6.92 Å². The van der Waals surface area contributed by atoms with Crippen LogP contribution in [0.15, 0.2) is 47.1 Å². The van der Waals surface area contributed by atoms with Gasteiger partial charge in [-0.15, -0.1) is 0 Å². The number of ketones is 2. The van der Waals surface area contributed by atoms with Gasteiger partial charge < -0.3 is 14.3 Å². The van der Waals surface area contributed by atoms with Crippen LogP contribution in [0.3, 0.4) is 0 Å². The number of phenolic OH excluding ortho intramolecular Hbond substituents is 1. The van der Waals surface area contributed by atoms with Gasteiger partial charge in [0.05, 0.1) is 17.4 Å². The molecule has 0 amide bonds. The molecule has 1 atom stereocenters. The molecule has 0 radical (unpaired) electrons. The van der Waals surface area contributed by atoms with Gasteiger partial charge in [-0.3, -0.25) is 9.59 Å². The Labute approximate surface area is 184 Å². The van der Waals surface area contributed by atoms with E-state index in [4.69, 9.17) is 9.15 Å². The minimum Gasteiger partial charge on any atom is -0.508 e. The minimum atomic E-state index is -0.677. The molecule has 0 aliphatic heterocycles. The van der Waals surface area contributed by atoms with E-state index in [0.717, 1.165) is 12.0 Å². The fourth-order valence-corrected chi connectivity index (χ4v) is 4.81. The maximum atomic E-state index is 13.3. The Bertz CT molecular complexity index is 1290. The zero-order valence-corrected chi connectivity index (χ0v) is 18.0. The summed E-state index contributed by atoms with van der Waals surface area (Å²) in [6, 6.07) is 9.57. The average molecular weight is 430 g/mol. The molecule has 1 aromatic heterocycles. The van der Waals surface area contributed by atoms with Crippen molar-refractivity contribution in [3.63, 3.8) is 0 Å². The van der Waals surface area contributed by atoms with Gasteiger partial charge in [-0.25, -0.2) is 4.79 Å². The number of hydrogen-bond donors (Lipinski definition) is 1. The number of phenols is 1. The molecule has 2 aliphatic carbocycles. The zero-order valence-electron chi connectivity index (χ0n) is 18.0. The van der Waals surface area contributed by atoms with Gasteiger partial charge in [-0.05, 0) is 60.6 Å². The van der Waals surface area contributed by atoms with E-state index >= 15 is 0 Å². The quantitative estimate of drug-likeness (QED) is 0.437. The van der Waals surface area contributed by atoms with Crippen molar-refractivity contribution in [2.24, 2.45) is 0 Å². The normalized spacial score (nSPS) is 18.5. The Hall–Kier alpha value is -3.67. The van der Waals surface area contributed by atoms with Crippen molar-refractivity contribution >= 4 is 17.5 Å². The molecule has 162 valence electrons. The van der Waals surface area contributed by atoms with Gasteiger partial charge in [-0.1, -0.05) is 26.0 Å². The average Bonchev–Trinajstić information content (AvgIpc) is 3.15. The van der Waals surface area contributed by atoms with E-state index in [2.05, 4.69) is 13.8 Å². The van der Waals surface area contributed by atoms with Crippen molar-refractivity contribution in [2.75, 3.05) is 0 Å². The molecule has 0 spiro atoms. The Morgan fingerprint density at radius 2 is 1.75 bits per heavy atom. The smallest absolute Gasteiger partial charge is 0.338 e. The third kappa shape index (κ3) is 2.90. The number of furan rings is 1. The minimum absolute atomic E-state index is 0.0500. The standard InChI is InChI=1S/C26H22O6/c1-13-12-31-24-16-8-9-17-21(20(16)23(29)22(28)19(13)24)18(10-11-26(17,2)3)32-25(30)14-4-6-15(27)7-5-14/h4-9,12,18,27H,10-11H2,1-3H3. The van der Waals surface area contributed by atoms with Gasteiger partial charge in [0.25, 0.3) is 0 Å². The Kier molecular flexibility index (Phi) is 4.38. The van der Waals surface area contributed by atoms with Crippen LogP contribution in [-0.2, 0) is 10.2 Å². The largest absolute Gasteiger partial charge is 0.508 e. The Morgan fingerprint density at radius 1 is 1.06 bits per heavy atom. The van der Waals surface area contributed by atoms with Gasteiger partial charge >= 0.3 is 5.97 Å². The number of hydrogen-bond acceptors (Lipinski definition) is 6. The molecular formula is C26H22O6. The van der Waals surface area contributed by atoms with Gasteiger partial charge in [-0.2, -0.15) is 0 Å². The predicted octanol–water partition coefficient (Wildman–Crippen LogP) is 5.31. The van der Waals surface area contributed by atoms with Gasteiger partial charge in [0.15, 0.2) is 0 Å². The number of benzene rings is 2. The van der Waals surface area contributed by atoms with Crippen LogP contribution in [0.2, 0.25) is 0 Å². The van der Waals surface area contributed by atoms with E-state index in [1.165, 1.54) is 30.5 Å². The maximum absolute atomic E-state index is 13.3. The Balaban J connectivity index is 1.66. The number of rotatable bonds is 2. The molecule has 6 heteroatoms. The Morgan fingerprint density at radius 3 is 2.47 bits per heavy atom. The molecule has 0 saturated heterocycles. The summed E-state index contributed by atoms with van der Waals surface area (Å²) in [5, 5.41) is 9.49. The molecule has 2 aromatic carbocycles. The summed E-state index contributed by atoms with van der Waals surface area (Å²) in [7, 11) is 0. The lowest BCUT2D eigenvalue weighted by atomic mass is 9.68. The maximum Gasteiger partial charge on any atom is 0.338 e. The number of aryl methyl sites for hydroxylation is 1. The van der Waals surface area contributed by atoms with Crippen molar-refractivity contribution in [1.29, 1.82) is 0 Å². The second-order valence-corrected chi connectivity index (χ2v) is 9.09. The summed E-state index contributed by atoms with van der Waals surface area (Å²) in [4.78, 5) is 39.1. The molecule has 3 aromatic rings. The van der Waals surface area contributed by atoms with Crippen LogP contribution < -0.4 is 0 Å². The fraction of sp³-hybridized carbons (Fsp3) is 0.269. The number of Topliss-reactive ketones (excluding diaryl/α,β-unsaturated/α-hetero) is 2. The molecule has 1 unspecified atom stereocenters. The molecule has 1 N–H and O–H groups in total. The van der Waals surface area contributed by atoms with E-state index < -0.39 is 23.6 Å². The summed E-state index contributed by atoms with van der Waals surface area (Å²) >= 11 is 0. The molecule has 0 fully saturated rings. The first-order valence-electron chi connectivity index (χ1n) is 10.5. The number of esters is 1. The van der Waals surface area contributed by atoms with Crippen molar-refractivity contribution < 1.29 is 28.6 Å². The van der Waals surface area contributed by atoms with Crippen LogP contribution in [0.4, 0.5) is 0 Å². The summed E-state index contributed by atoms with van der Waals surface area (Å²) < 4.78 is 11.5. The zero-order chi connectivity index (χ0) is 22.8.